The molecule has 0 bridgehead atoms. The zero-order chi connectivity index (χ0) is 16.9. The molecule has 0 saturated heterocycles. The fraction of sp³-hybridized carbons (Fsp3) is 0.125. The van der Waals surface area contributed by atoms with Crippen molar-refractivity contribution in [3.8, 4) is 5.75 Å². The van der Waals surface area contributed by atoms with Crippen molar-refractivity contribution in [3.05, 3.63) is 59.9 Å². The number of amides is 1. The molecule has 0 aromatic heterocycles. The molecule has 6 nitrogen and oxygen atoms in total. The molecule has 2 rings (SSSR count). The lowest BCUT2D eigenvalue weighted by Gasteiger charge is -2.09. The van der Waals surface area contributed by atoms with Crippen molar-refractivity contribution in [2.45, 2.75) is 11.8 Å². The Kier molecular flexibility index (Phi) is 4.98. The van der Waals surface area contributed by atoms with E-state index in [-0.39, 0.29) is 22.0 Å². The van der Waals surface area contributed by atoms with Crippen molar-refractivity contribution in [3.63, 3.8) is 0 Å². The van der Waals surface area contributed by atoms with Crippen LogP contribution in [0.1, 0.15) is 6.92 Å². The topological polar surface area (TPSA) is 76.8 Å². The maximum atomic E-state index is 11.9. The minimum atomic E-state index is -3.49. The van der Waals surface area contributed by atoms with E-state index in [4.69, 9.17) is 11.3 Å². The van der Waals surface area contributed by atoms with E-state index >= 15 is 0 Å². The minimum Gasteiger partial charge on any atom is -0.410 e. The second-order valence-corrected chi connectivity index (χ2v) is 6.77. The first-order chi connectivity index (χ1) is 11.0. The molecule has 2 aromatic carbocycles. The molecule has 1 amide bonds. The summed E-state index contributed by atoms with van der Waals surface area (Å²) in [5.41, 5.74) is 0.247. The number of carbonyl (C=O) groups excluding carboxylic acids is 1. The van der Waals surface area contributed by atoms with E-state index in [2.05, 4.69) is 10.2 Å². The first-order valence-electron chi connectivity index (χ1n) is 6.74. The number of nitrogens with one attached hydrogen (secondary N) is 1. The smallest absolute Gasteiger partial charge is 0.410 e. The van der Waals surface area contributed by atoms with Crippen molar-refractivity contribution in [2.24, 2.45) is 0 Å². The van der Waals surface area contributed by atoms with Crippen LogP contribution in [0.15, 0.2) is 53.4 Å². The van der Waals surface area contributed by atoms with Gasteiger partial charge in [-0.1, -0.05) is 31.2 Å². The quantitative estimate of drug-likeness (QED) is 0.868. The summed E-state index contributed by atoms with van der Waals surface area (Å²) in [5, 5.41) is 2.46. The van der Waals surface area contributed by atoms with Gasteiger partial charge in [0.2, 0.25) is 5.69 Å². The van der Waals surface area contributed by atoms with Crippen LogP contribution in [0.4, 0.5) is 16.2 Å². The Morgan fingerprint density at radius 2 is 1.91 bits per heavy atom. The highest BCUT2D eigenvalue weighted by atomic mass is 32.2. The summed E-state index contributed by atoms with van der Waals surface area (Å²) in [5.74, 6) is 0.277. The van der Waals surface area contributed by atoms with Gasteiger partial charge in [-0.15, -0.1) is 0 Å². The second-order valence-electron chi connectivity index (χ2n) is 4.53. The van der Waals surface area contributed by atoms with Crippen LogP contribution in [-0.4, -0.2) is 20.3 Å². The first-order valence-corrected chi connectivity index (χ1v) is 8.39. The average molecular weight is 330 g/mol. The van der Waals surface area contributed by atoms with Crippen molar-refractivity contribution in [1.82, 2.24) is 0 Å². The molecule has 0 saturated carbocycles. The molecule has 0 fully saturated rings. The lowest BCUT2D eigenvalue weighted by Crippen LogP contribution is -2.16. The van der Waals surface area contributed by atoms with Gasteiger partial charge in [-0.2, -0.15) is 0 Å². The highest BCUT2D eigenvalue weighted by Crippen LogP contribution is 2.28. The van der Waals surface area contributed by atoms with Crippen molar-refractivity contribution in [1.29, 1.82) is 0 Å². The Balaban J connectivity index is 2.19. The Morgan fingerprint density at radius 1 is 1.22 bits per heavy atom. The van der Waals surface area contributed by atoms with Crippen LogP contribution in [0, 0.1) is 6.57 Å². The molecule has 0 spiro atoms. The van der Waals surface area contributed by atoms with Gasteiger partial charge in [0.1, 0.15) is 5.75 Å². The Morgan fingerprint density at radius 3 is 2.52 bits per heavy atom. The zero-order valence-corrected chi connectivity index (χ0v) is 13.1. The number of hydrogen-bond donors (Lipinski definition) is 1. The average Bonchev–Trinajstić information content (AvgIpc) is 2.55. The van der Waals surface area contributed by atoms with Gasteiger partial charge >= 0.3 is 6.09 Å². The number of rotatable bonds is 4. The van der Waals surface area contributed by atoms with E-state index < -0.39 is 15.9 Å². The summed E-state index contributed by atoms with van der Waals surface area (Å²) < 4.78 is 28.9. The fourth-order valence-electron chi connectivity index (χ4n) is 1.84. The molecule has 0 heterocycles. The molecular weight excluding hydrogens is 316 g/mol. The Hall–Kier alpha value is -2.85. The summed E-state index contributed by atoms with van der Waals surface area (Å²) in [6.07, 6.45) is -0.724. The van der Waals surface area contributed by atoms with Gasteiger partial charge in [0.05, 0.1) is 17.2 Å². The van der Waals surface area contributed by atoms with Gasteiger partial charge < -0.3 is 4.74 Å². The summed E-state index contributed by atoms with van der Waals surface area (Å²) in [4.78, 5) is 15.0. The maximum Gasteiger partial charge on any atom is 0.417 e. The first kappa shape index (κ1) is 16.5. The number of carbonyl (C=O) groups is 1. The fourth-order valence-corrected chi connectivity index (χ4v) is 2.85. The van der Waals surface area contributed by atoms with Gasteiger partial charge in [0, 0.05) is 5.69 Å². The standard InChI is InChI=1S/C16H14N2O4S/c1-3-23(20,21)15-10-9-12(11-14(15)17-2)18-16(19)22-13-7-5-4-6-8-13/h4-11H,3H2,1H3,(H,18,19). The van der Waals surface area contributed by atoms with E-state index in [1.54, 1.807) is 30.3 Å². The van der Waals surface area contributed by atoms with Crippen LogP contribution in [0.5, 0.6) is 5.75 Å². The van der Waals surface area contributed by atoms with Crippen LogP contribution in [0.3, 0.4) is 0 Å². The summed E-state index contributed by atoms with van der Waals surface area (Å²) in [6, 6.07) is 12.5. The number of hydrogen-bond acceptors (Lipinski definition) is 4. The lowest BCUT2D eigenvalue weighted by atomic mass is 10.3. The van der Waals surface area contributed by atoms with Crippen molar-refractivity contribution in [2.75, 3.05) is 11.1 Å². The number of sulfone groups is 1. The predicted molar refractivity (Wildman–Crippen MR) is 86.5 cm³/mol. The highest BCUT2D eigenvalue weighted by Gasteiger charge is 2.17. The van der Waals surface area contributed by atoms with Crippen LogP contribution in [0.2, 0.25) is 0 Å². The molecule has 0 aliphatic carbocycles. The van der Waals surface area contributed by atoms with E-state index in [1.165, 1.54) is 25.1 Å². The monoisotopic (exact) mass is 330 g/mol. The van der Waals surface area contributed by atoms with Crippen LogP contribution >= 0.6 is 0 Å². The van der Waals surface area contributed by atoms with Gasteiger partial charge in [0.15, 0.2) is 9.84 Å². The SMILES string of the molecule is [C-]#[N+]c1cc(NC(=O)Oc2ccccc2)ccc1S(=O)(=O)CC. The largest absolute Gasteiger partial charge is 0.417 e. The molecule has 23 heavy (non-hydrogen) atoms. The van der Waals surface area contributed by atoms with Crippen LogP contribution < -0.4 is 10.1 Å². The summed E-state index contributed by atoms with van der Waals surface area (Å²) >= 11 is 0. The molecule has 0 aliphatic heterocycles. The predicted octanol–water partition coefficient (Wildman–Crippen LogP) is 3.64. The maximum absolute atomic E-state index is 11.9. The zero-order valence-electron chi connectivity index (χ0n) is 12.3. The highest BCUT2D eigenvalue weighted by molar-refractivity contribution is 7.91. The number of ether oxygens (including phenoxy) is 1. The minimum absolute atomic E-state index is 0.0376. The van der Waals surface area contributed by atoms with E-state index in [0.29, 0.717) is 5.75 Å². The molecule has 0 atom stereocenters. The van der Waals surface area contributed by atoms with E-state index in [9.17, 15) is 13.2 Å². The molecule has 118 valence electrons. The number of nitrogens with zero attached hydrogens (tertiary/aromatic N) is 1. The molecular formula is C16H14N2O4S. The van der Waals surface area contributed by atoms with Gasteiger partial charge in [-0.3, -0.25) is 5.32 Å². The lowest BCUT2D eigenvalue weighted by molar-refractivity contribution is 0.215. The molecule has 0 aliphatic rings. The molecule has 7 heteroatoms. The summed E-state index contributed by atoms with van der Waals surface area (Å²) in [7, 11) is -3.49. The number of anilines is 1. The third-order valence-electron chi connectivity index (χ3n) is 2.99. The molecule has 1 N–H and O–H groups in total. The Labute approximate surface area is 134 Å². The van der Waals surface area contributed by atoms with E-state index in [1.807, 2.05) is 0 Å². The number of para-hydroxylation sites is 1. The second kappa shape index (κ2) is 6.94. The van der Waals surface area contributed by atoms with Crippen molar-refractivity contribution < 1.29 is 17.9 Å². The van der Waals surface area contributed by atoms with Crippen LogP contribution in [0.25, 0.3) is 4.85 Å². The van der Waals surface area contributed by atoms with Gasteiger partial charge in [-0.25, -0.2) is 18.1 Å². The van der Waals surface area contributed by atoms with Gasteiger partial charge in [0.25, 0.3) is 0 Å². The third kappa shape index (κ3) is 4.08. The normalized spacial score (nSPS) is 10.6. The molecule has 0 radical (unpaired) electrons. The summed E-state index contributed by atoms with van der Waals surface area (Å²) in [6.45, 7) is 8.62. The van der Waals surface area contributed by atoms with Crippen molar-refractivity contribution >= 4 is 27.3 Å². The third-order valence-corrected chi connectivity index (χ3v) is 4.77. The number of benzene rings is 2. The molecule has 0 unspecified atom stereocenters. The Bertz CT molecular complexity index is 855. The van der Waals surface area contributed by atoms with Gasteiger partial charge in [-0.05, 0) is 24.3 Å². The van der Waals surface area contributed by atoms with E-state index in [0.717, 1.165) is 0 Å². The molecule has 2 aromatic rings. The van der Waals surface area contributed by atoms with Crippen LogP contribution in [-0.2, 0) is 9.84 Å².